The van der Waals surface area contributed by atoms with E-state index < -0.39 is 0 Å². The number of thioether (sulfide) groups is 1. The van der Waals surface area contributed by atoms with Crippen molar-refractivity contribution < 1.29 is 4.79 Å². The zero-order chi connectivity index (χ0) is 9.26. The van der Waals surface area contributed by atoms with E-state index in [1.54, 1.807) is 11.8 Å². The summed E-state index contributed by atoms with van der Waals surface area (Å²) in [6.07, 6.45) is 0.637. The van der Waals surface area contributed by atoms with Gasteiger partial charge in [-0.05, 0) is 11.6 Å². The summed E-state index contributed by atoms with van der Waals surface area (Å²) in [6.45, 7) is 0. The zero-order valence-corrected chi connectivity index (χ0v) is 8.62. The molecule has 0 spiro atoms. The summed E-state index contributed by atoms with van der Waals surface area (Å²) in [7, 11) is 0. The van der Waals surface area contributed by atoms with E-state index in [9.17, 15) is 4.79 Å². The first-order valence-electron chi connectivity index (χ1n) is 4.17. The molecule has 0 aromatic heterocycles. The van der Waals surface area contributed by atoms with E-state index in [0.717, 1.165) is 27.7 Å². The summed E-state index contributed by atoms with van der Waals surface area (Å²) < 4.78 is 0. The van der Waals surface area contributed by atoms with Crippen LogP contribution in [0.15, 0.2) is 18.2 Å². The Morgan fingerprint density at radius 1 is 1.38 bits per heavy atom. The van der Waals surface area contributed by atoms with Gasteiger partial charge in [0.15, 0.2) is 5.78 Å². The van der Waals surface area contributed by atoms with E-state index in [-0.39, 0.29) is 5.78 Å². The molecule has 0 atom stereocenters. The Hall–Kier alpha value is -0.470. The molecule has 0 amide bonds. The van der Waals surface area contributed by atoms with E-state index in [1.807, 2.05) is 18.2 Å². The van der Waals surface area contributed by atoms with Crippen molar-refractivity contribution in [3.63, 3.8) is 0 Å². The summed E-state index contributed by atoms with van der Waals surface area (Å²) >= 11 is 7.79. The Labute approximate surface area is 86.5 Å². The Morgan fingerprint density at radius 2 is 2.23 bits per heavy atom. The molecule has 0 saturated carbocycles. The summed E-state index contributed by atoms with van der Waals surface area (Å²) in [4.78, 5) is 11.6. The maximum Gasteiger partial charge on any atom is 0.164 e. The van der Waals surface area contributed by atoms with Crippen molar-refractivity contribution in [2.45, 2.75) is 12.2 Å². The van der Waals surface area contributed by atoms with Gasteiger partial charge in [-0.15, -0.1) is 0 Å². The number of Topliss-reactive ketones (excluding diaryl/α,β-unsaturated/α-hetero) is 1. The molecule has 0 aliphatic carbocycles. The van der Waals surface area contributed by atoms with Gasteiger partial charge in [-0.1, -0.05) is 23.7 Å². The molecule has 0 bridgehead atoms. The molecule has 0 fully saturated rings. The van der Waals surface area contributed by atoms with Crippen LogP contribution in [0.5, 0.6) is 0 Å². The summed E-state index contributed by atoms with van der Waals surface area (Å²) in [5, 5.41) is 0.722. The standard InChI is InChI=1S/C10H9ClOS/c11-9-3-1-2-7-8(9)6-13-5-4-10(7)12/h1-3H,4-6H2. The smallest absolute Gasteiger partial charge is 0.164 e. The minimum absolute atomic E-state index is 0.225. The van der Waals surface area contributed by atoms with Crippen LogP contribution in [0.3, 0.4) is 0 Å². The number of rotatable bonds is 0. The van der Waals surface area contributed by atoms with Crippen molar-refractivity contribution in [3.05, 3.63) is 34.3 Å². The molecule has 13 heavy (non-hydrogen) atoms. The zero-order valence-electron chi connectivity index (χ0n) is 7.05. The highest BCUT2D eigenvalue weighted by atomic mass is 35.5. The molecule has 1 aromatic rings. The number of carbonyl (C=O) groups is 1. The van der Waals surface area contributed by atoms with Crippen LogP contribution in [0.25, 0.3) is 0 Å². The van der Waals surface area contributed by atoms with E-state index in [4.69, 9.17) is 11.6 Å². The third-order valence-corrected chi connectivity index (χ3v) is 3.48. The fourth-order valence-corrected chi connectivity index (χ4v) is 2.75. The summed E-state index contributed by atoms with van der Waals surface area (Å²) in [5.74, 6) is 1.99. The van der Waals surface area contributed by atoms with Gasteiger partial charge in [-0.3, -0.25) is 4.79 Å². The highest BCUT2D eigenvalue weighted by Gasteiger charge is 2.16. The number of hydrogen-bond acceptors (Lipinski definition) is 2. The molecular weight excluding hydrogens is 204 g/mol. The highest BCUT2D eigenvalue weighted by Crippen LogP contribution is 2.29. The lowest BCUT2D eigenvalue weighted by atomic mass is 10.0. The van der Waals surface area contributed by atoms with Crippen molar-refractivity contribution in [3.8, 4) is 0 Å². The van der Waals surface area contributed by atoms with Crippen LogP contribution in [0.2, 0.25) is 5.02 Å². The second kappa shape index (κ2) is 3.72. The quantitative estimate of drug-likeness (QED) is 0.657. The fraction of sp³-hybridized carbons (Fsp3) is 0.300. The van der Waals surface area contributed by atoms with Gasteiger partial charge >= 0.3 is 0 Å². The summed E-state index contributed by atoms with van der Waals surface area (Å²) in [6, 6.07) is 5.56. The SMILES string of the molecule is O=C1CCSCc2c(Cl)cccc21. The number of carbonyl (C=O) groups excluding carboxylic acids is 1. The first-order valence-corrected chi connectivity index (χ1v) is 5.70. The molecule has 1 nitrogen and oxygen atoms in total. The van der Waals surface area contributed by atoms with E-state index in [2.05, 4.69) is 0 Å². The minimum atomic E-state index is 0.225. The third kappa shape index (κ3) is 1.74. The number of fused-ring (bicyclic) bond motifs is 1. The molecule has 0 radical (unpaired) electrons. The first-order chi connectivity index (χ1) is 6.29. The number of ketones is 1. The number of hydrogen-bond donors (Lipinski definition) is 0. The van der Waals surface area contributed by atoms with Gasteiger partial charge < -0.3 is 0 Å². The largest absolute Gasteiger partial charge is 0.294 e. The molecule has 68 valence electrons. The minimum Gasteiger partial charge on any atom is -0.294 e. The van der Waals surface area contributed by atoms with Crippen molar-refractivity contribution in [2.75, 3.05) is 5.75 Å². The van der Waals surface area contributed by atoms with Gasteiger partial charge in [-0.2, -0.15) is 11.8 Å². The van der Waals surface area contributed by atoms with Gasteiger partial charge in [0, 0.05) is 28.5 Å². The van der Waals surface area contributed by atoms with Crippen LogP contribution in [0, 0.1) is 0 Å². The van der Waals surface area contributed by atoms with Gasteiger partial charge in [0.25, 0.3) is 0 Å². The Balaban J connectivity index is 2.54. The average Bonchev–Trinajstić information content (AvgIpc) is 2.30. The molecule has 0 saturated heterocycles. The topological polar surface area (TPSA) is 17.1 Å². The Bertz CT molecular complexity index is 349. The molecule has 1 aliphatic rings. The van der Waals surface area contributed by atoms with Crippen LogP contribution in [0.1, 0.15) is 22.3 Å². The van der Waals surface area contributed by atoms with Crippen molar-refractivity contribution in [2.24, 2.45) is 0 Å². The molecule has 2 rings (SSSR count). The Morgan fingerprint density at radius 3 is 3.08 bits per heavy atom. The molecular formula is C10H9ClOS. The van der Waals surface area contributed by atoms with Gasteiger partial charge in [-0.25, -0.2) is 0 Å². The number of halogens is 1. The molecule has 1 heterocycles. The summed E-state index contributed by atoms with van der Waals surface area (Å²) in [5.41, 5.74) is 1.83. The van der Waals surface area contributed by atoms with Crippen molar-refractivity contribution in [1.82, 2.24) is 0 Å². The van der Waals surface area contributed by atoms with Crippen LogP contribution in [0.4, 0.5) is 0 Å². The molecule has 1 aliphatic heterocycles. The molecule has 0 N–H and O–H groups in total. The van der Waals surface area contributed by atoms with E-state index in [0.29, 0.717) is 6.42 Å². The van der Waals surface area contributed by atoms with Crippen LogP contribution in [-0.4, -0.2) is 11.5 Å². The third-order valence-electron chi connectivity index (χ3n) is 2.14. The molecule has 0 unspecified atom stereocenters. The normalized spacial score (nSPS) is 16.5. The predicted octanol–water partition coefficient (Wildman–Crippen LogP) is 3.16. The predicted molar refractivity (Wildman–Crippen MR) is 56.6 cm³/mol. The first kappa shape index (κ1) is 9.10. The lowest BCUT2D eigenvalue weighted by Gasteiger charge is -2.04. The van der Waals surface area contributed by atoms with Crippen LogP contribution < -0.4 is 0 Å². The lowest BCUT2D eigenvalue weighted by molar-refractivity contribution is 0.0989. The van der Waals surface area contributed by atoms with E-state index >= 15 is 0 Å². The second-order valence-electron chi connectivity index (χ2n) is 2.99. The average molecular weight is 213 g/mol. The van der Waals surface area contributed by atoms with E-state index in [1.165, 1.54) is 0 Å². The number of benzene rings is 1. The lowest BCUT2D eigenvalue weighted by Crippen LogP contribution is -2.00. The maximum absolute atomic E-state index is 11.6. The van der Waals surface area contributed by atoms with Gasteiger partial charge in [0.1, 0.15) is 0 Å². The molecule has 3 heteroatoms. The van der Waals surface area contributed by atoms with Gasteiger partial charge in [0.05, 0.1) is 0 Å². The van der Waals surface area contributed by atoms with Crippen molar-refractivity contribution >= 4 is 29.1 Å². The molecule has 1 aromatic carbocycles. The van der Waals surface area contributed by atoms with Crippen LogP contribution in [-0.2, 0) is 5.75 Å². The monoisotopic (exact) mass is 212 g/mol. The second-order valence-corrected chi connectivity index (χ2v) is 4.50. The van der Waals surface area contributed by atoms with Crippen LogP contribution >= 0.6 is 23.4 Å². The van der Waals surface area contributed by atoms with Crippen molar-refractivity contribution in [1.29, 1.82) is 0 Å². The fourth-order valence-electron chi connectivity index (χ4n) is 1.44. The van der Waals surface area contributed by atoms with Gasteiger partial charge in [0.2, 0.25) is 0 Å². The Kier molecular flexibility index (Phi) is 2.61. The maximum atomic E-state index is 11.6. The highest BCUT2D eigenvalue weighted by molar-refractivity contribution is 7.98.